The van der Waals surface area contributed by atoms with Gasteiger partial charge in [0.2, 0.25) is 11.8 Å². The van der Waals surface area contributed by atoms with Crippen LogP contribution in [0.3, 0.4) is 0 Å². The van der Waals surface area contributed by atoms with Crippen LogP contribution in [0.15, 0.2) is 103 Å². The number of aromatic nitrogens is 3. The van der Waals surface area contributed by atoms with Crippen molar-refractivity contribution in [2.24, 2.45) is 11.1 Å². The minimum Gasteiger partial charge on any atom is -0.497 e. The fraction of sp³-hybridized carbons (Fsp3) is 0.154. The molecule has 7 rings (SSSR count). The number of hydrogen-bond acceptors (Lipinski definition) is 7. The molecule has 2 atom stereocenters. The molecule has 1 fully saturated rings. The Morgan fingerprint density at radius 1 is 0.962 bits per heavy atom. The second-order valence-corrected chi connectivity index (χ2v) is 12.4. The number of pyridine rings is 1. The molecule has 1 aliphatic rings. The molecule has 6 aromatic rings. The van der Waals surface area contributed by atoms with Crippen molar-refractivity contribution < 1.29 is 32.6 Å². The Kier molecular flexibility index (Phi) is 8.84. The van der Waals surface area contributed by atoms with Crippen LogP contribution in [-0.4, -0.2) is 46.6 Å². The lowest BCUT2D eigenvalue weighted by Crippen LogP contribution is -2.37. The van der Waals surface area contributed by atoms with Crippen molar-refractivity contribution in [1.29, 1.82) is 0 Å². The van der Waals surface area contributed by atoms with Gasteiger partial charge in [0.05, 0.1) is 19.0 Å². The summed E-state index contributed by atoms with van der Waals surface area (Å²) in [7, 11) is 3.14. The van der Waals surface area contributed by atoms with E-state index in [0.717, 1.165) is 5.56 Å². The average molecular weight is 703 g/mol. The molecule has 262 valence electrons. The van der Waals surface area contributed by atoms with Gasteiger partial charge in [-0.2, -0.15) is 5.10 Å². The van der Waals surface area contributed by atoms with Gasteiger partial charge in [-0.05, 0) is 84.3 Å². The lowest BCUT2D eigenvalue weighted by Gasteiger charge is -2.15. The Bertz CT molecular complexity index is 2350. The molecule has 0 aliphatic heterocycles. The molecule has 0 bridgehead atoms. The van der Waals surface area contributed by atoms with Crippen molar-refractivity contribution in [1.82, 2.24) is 20.1 Å². The van der Waals surface area contributed by atoms with Crippen molar-refractivity contribution in [3.05, 3.63) is 132 Å². The second kappa shape index (κ2) is 13.6. The summed E-state index contributed by atoms with van der Waals surface area (Å²) in [6, 6.07) is 25.4. The number of nitrogens with one attached hydrogen (secondary N) is 2. The van der Waals surface area contributed by atoms with Gasteiger partial charge >= 0.3 is 0 Å². The molecule has 52 heavy (non-hydrogen) atoms. The number of primary amides is 1. The van der Waals surface area contributed by atoms with Crippen LogP contribution in [0.4, 0.5) is 14.5 Å². The molecule has 1 aliphatic carbocycles. The smallest absolute Gasteiger partial charge is 0.251 e. The van der Waals surface area contributed by atoms with Gasteiger partial charge < -0.3 is 25.8 Å². The summed E-state index contributed by atoms with van der Waals surface area (Å²) in [6.07, 6.45) is 1.61. The molecule has 0 radical (unpaired) electrons. The van der Waals surface area contributed by atoms with Gasteiger partial charge in [-0.15, -0.1) is 0 Å². The summed E-state index contributed by atoms with van der Waals surface area (Å²) in [5.74, 6) is -2.83. The van der Waals surface area contributed by atoms with E-state index in [1.807, 2.05) is 30.3 Å². The Hall–Kier alpha value is -6.63. The van der Waals surface area contributed by atoms with Gasteiger partial charge in [-0.3, -0.25) is 14.4 Å². The number of nitrogens with two attached hydrogens (primary N) is 1. The highest BCUT2D eigenvalue weighted by atomic mass is 19.1. The summed E-state index contributed by atoms with van der Waals surface area (Å²) < 4.78 is 42.4. The summed E-state index contributed by atoms with van der Waals surface area (Å²) in [5.41, 5.74) is 7.66. The number of methoxy groups -OCH3 is 1. The predicted octanol–water partition coefficient (Wildman–Crippen LogP) is 6.18. The van der Waals surface area contributed by atoms with Crippen LogP contribution >= 0.6 is 0 Å². The van der Waals surface area contributed by atoms with E-state index in [1.54, 1.807) is 49.2 Å². The maximum atomic E-state index is 15.9. The number of amides is 3. The second-order valence-electron chi connectivity index (χ2n) is 12.4. The molecule has 2 heterocycles. The molecule has 4 N–H and O–H groups in total. The number of anilines is 1. The summed E-state index contributed by atoms with van der Waals surface area (Å²) >= 11 is 0. The van der Waals surface area contributed by atoms with Crippen LogP contribution < -0.4 is 25.8 Å². The molecule has 11 nitrogen and oxygen atoms in total. The van der Waals surface area contributed by atoms with E-state index in [9.17, 15) is 18.8 Å². The highest BCUT2D eigenvalue weighted by Gasteiger charge is 2.65. The van der Waals surface area contributed by atoms with Crippen molar-refractivity contribution in [2.45, 2.75) is 18.9 Å². The molecule has 0 spiro atoms. The van der Waals surface area contributed by atoms with Crippen molar-refractivity contribution in [2.75, 3.05) is 19.5 Å². The Labute approximate surface area is 296 Å². The predicted molar refractivity (Wildman–Crippen MR) is 189 cm³/mol. The number of halogens is 2. The first-order chi connectivity index (χ1) is 25.1. The third-order valence-electron chi connectivity index (χ3n) is 9.20. The molecule has 1 saturated carbocycles. The first-order valence-corrected chi connectivity index (χ1v) is 16.3. The van der Waals surface area contributed by atoms with E-state index in [-0.39, 0.29) is 23.8 Å². The van der Waals surface area contributed by atoms with Gasteiger partial charge in [0.1, 0.15) is 28.4 Å². The minimum atomic E-state index is -1.60. The van der Waals surface area contributed by atoms with Crippen LogP contribution in [0.2, 0.25) is 0 Å². The van der Waals surface area contributed by atoms with Crippen LogP contribution in [0.5, 0.6) is 17.2 Å². The first kappa shape index (κ1) is 33.8. The number of hydrogen-bond donors (Lipinski definition) is 3. The van der Waals surface area contributed by atoms with Crippen molar-refractivity contribution in [3.8, 4) is 28.5 Å². The van der Waals surface area contributed by atoms with E-state index in [4.69, 9.17) is 20.3 Å². The fourth-order valence-electron chi connectivity index (χ4n) is 6.33. The number of benzene rings is 4. The Morgan fingerprint density at radius 3 is 2.42 bits per heavy atom. The van der Waals surface area contributed by atoms with Gasteiger partial charge in [-0.1, -0.05) is 30.3 Å². The van der Waals surface area contributed by atoms with E-state index >= 15 is 4.39 Å². The van der Waals surface area contributed by atoms with Crippen molar-refractivity contribution >= 4 is 34.4 Å². The van der Waals surface area contributed by atoms with E-state index in [2.05, 4.69) is 15.6 Å². The number of ether oxygens (including phenoxy) is 2. The van der Waals surface area contributed by atoms with Crippen LogP contribution in [0.1, 0.15) is 33.8 Å². The molecule has 3 amide bonds. The molecule has 4 aromatic carbocycles. The zero-order chi connectivity index (χ0) is 36.6. The van der Waals surface area contributed by atoms with Gasteiger partial charge in [0, 0.05) is 36.0 Å². The lowest BCUT2D eigenvalue weighted by molar-refractivity contribution is -0.132. The molecular formula is C39H32F2N6O5. The lowest BCUT2D eigenvalue weighted by atomic mass is 9.96. The largest absolute Gasteiger partial charge is 0.497 e. The topological polar surface area (TPSA) is 150 Å². The highest BCUT2D eigenvalue weighted by molar-refractivity contribution is 6.14. The van der Waals surface area contributed by atoms with Gasteiger partial charge in [-0.25, -0.2) is 18.4 Å². The van der Waals surface area contributed by atoms with Crippen LogP contribution in [0, 0.1) is 17.0 Å². The summed E-state index contributed by atoms with van der Waals surface area (Å²) in [5, 5.41) is 10.6. The maximum Gasteiger partial charge on any atom is 0.251 e. The van der Waals surface area contributed by atoms with E-state index < -0.39 is 34.8 Å². The van der Waals surface area contributed by atoms with Crippen LogP contribution in [-0.2, 0) is 16.1 Å². The number of fused-ring (bicyclic) bond motifs is 1. The SMILES string of the molecule is CNC(=O)c1cccc(-c2nn(Cc3ccc(OC)cc3)c3nccc(Oc4ccc(C5CC5(C(N)=O)C(=O)Nc5ccc(F)cc5)cc4F)c23)c1. The molecule has 2 unspecified atom stereocenters. The minimum absolute atomic E-state index is 0.0752. The standard InChI is InChI=1S/C39H32F2N6O5/c1-43-36(48)25-5-3-4-24(18-25)34-33-32(16-17-44-35(33)47(46-34)21-22-6-13-28(51-2)14-7-22)52-31-15-8-23(19-30(31)41)29-20-39(29,37(42)49)38(50)45-27-11-9-26(40)10-12-27/h3-19,29H,20-21H2,1-2H3,(H2,42,49)(H,43,48)(H,45,50). The summed E-state index contributed by atoms with van der Waals surface area (Å²) in [6.45, 7) is 0.340. The zero-order valence-electron chi connectivity index (χ0n) is 28.0. The molecule has 13 heteroatoms. The average Bonchev–Trinajstić information content (AvgIpc) is 3.83. The normalized spacial score (nSPS) is 16.3. The number of rotatable bonds is 11. The van der Waals surface area contributed by atoms with E-state index in [0.29, 0.717) is 51.4 Å². The third kappa shape index (κ3) is 6.28. The third-order valence-corrected chi connectivity index (χ3v) is 9.20. The van der Waals surface area contributed by atoms with Crippen molar-refractivity contribution in [3.63, 3.8) is 0 Å². The Balaban J connectivity index is 1.22. The summed E-state index contributed by atoms with van der Waals surface area (Å²) in [4.78, 5) is 42.9. The number of carbonyl (C=O) groups is 3. The molecular weight excluding hydrogens is 670 g/mol. The number of nitrogens with zero attached hydrogens (tertiary/aromatic N) is 3. The first-order valence-electron chi connectivity index (χ1n) is 16.3. The number of carbonyl (C=O) groups excluding carboxylic acids is 3. The van der Waals surface area contributed by atoms with E-state index in [1.165, 1.54) is 42.6 Å². The zero-order valence-corrected chi connectivity index (χ0v) is 28.0. The van der Waals surface area contributed by atoms with Gasteiger partial charge in [0.25, 0.3) is 5.91 Å². The maximum absolute atomic E-state index is 15.9. The van der Waals surface area contributed by atoms with Gasteiger partial charge in [0.15, 0.2) is 17.2 Å². The quantitative estimate of drug-likeness (QED) is 0.136. The fourth-order valence-corrected chi connectivity index (χ4v) is 6.33. The highest BCUT2D eigenvalue weighted by Crippen LogP contribution is 2.60. The Morgan fingerprint density at radius 2 is 1.73 bits per heavy atom. The molecule has 0 saturated heterocycles. The monoisotopic (exact) mass is 702 g/mol. The van der Waals surface area contributed by atoms with Crippen LogP contribution in [0.25, 0.3) is 22.3 Å². The molecule has 2 aromatic heterocycles.